The predicted octanol–water partition coefficient (Wildman–Crippen LogP) is 4.82. The highest BCUT2D eigenvalue weighted by atomic mass is 32.2. The largest absolute Gasteiger partial charge is 0.353 e. The molecule has 0 aromatic heterocycles. The number of thioether (sulfide) groups is 1. The predicted molar refractivity (Wildman–Crippen MR) is 94.7 cm³/mol. The Morgan fingerprint density at radius 1 is 1.05 bits per heavy atom. The van der Waals surface area contributed by atoms with Gasteiger partial charge in [-0.1, -0.05) is 70.1 Å². The highest BCUT2D eigenvalue weighted by molar-refractivity contribution is 8.16. The van der Waals surface area contributed by atoms with Crippen molar-refractivity contribution in [2.45, 2.75) is 77.6 Å². The number of hydrogen-bond acceptors (Lipinski definition) is 3. The lowest BCUT2D eigenvalue weighted by Crippen LogP contribution is -2.22. The van der Waals surface area contributed by atoms with Crippen molar-refractivity contribution in [3.8, 4) is 0 Å². The second-order valence-electron chi connectivity index (χ2n) is 6.13. The van der Waals surface area contributed by atoms with E-state index >= 15 is 0 Å². The lowest BCUT2D eigenvalue weighted by atomic mass is 9.90. The van der Waals surface area contributed by atoms with Crippen LogP contribution in [0.2, 0.25) is 0 Å². The summed E-state index contributed by atoms with van der Waals surface area (Å²) in [5.74, 6) is 0.118. The molecule has 0 spiro atoms. The van der Waals surface area contributed by atoms with Crippen LogP contribution in [0.1, 0.15) is 77.6 Å². The molecule has 0 heterocycles. The van der Waals surface area contributed by atoms with Crippen LogP contribution < -0.4 is 5.32 Å². The highest BCUT2D eigenvalue weighted by Crippen LogP contribution is 2.28. The fraction of sp³-hybridized carbons (Fsp3) is 0.778. The third kappa shape index (κ3) is 9.29. The molecule has 0 aromatic carbocycles. The Kier molecular flexibility index (Phi) is 11.2. The van der Waals surface area contributed by atoms with E-state index in [-0.39, 0.29) is 16.9 Å². The van der Waals surface area contributed by atoms with E-state index in [9.17, 15) is 9.59 Å². The summed E-state index contributed by atoms with van der Waals surface area (Å²) in [6, 6.07) is 0. The molecule has 1 amide bonds. The fourth-order valence-corrected chi connectivity index (χ4v) is 3.53. The monoisotopic (exact) mass is 325 g/mol. The van der Waals surface area contributed by atoms with Crippen LogP contribution in [0, 0.1) is 5.92 Å². The molecule has 1 aliphatic rings. The highest BCUT2D eigenvalue weighted by Gasteiger charge is 2.20. The first-order chi connectivity index (χ1) is 10.7. The number of unbranched alkanes of at least 4 members (excludes halogenated alkanes) is 5. The summed E-state index contributed by atoms with van der Waals surface area (Å²) in [4.78, 5) is 23.6. The van der Waals surface area contributed by atoms with Gasteiger partial charge in [-0.05, 0) is 24.7 Å². The van der Waals surface area contributed by atoms with Crippen LogP contribution in [0.15, 0.2) is 11.5 Å². The zero-order chi connectivity index (χ0) is 16.0. The number of carbonyl (C=O) groups excluding carboxylic acids is 2. The normalized spacial score (nSPS) is 16.0. The Labute approximate surface area is 139 Å². The van der Waals surface area contributed by atoms with Crippen LogP contribution in [0.4, 0.5) is 0 Å². The maximum absolute atomic E-state index is 11.9. The Bertz CT molecular complexity index is 349. The van der Waals surface area contributed by atoms with Crippen LogP contribution in [0.5, 0.6) is 0 Å². The lowest BCUT2D eigenvalue weighted by molar-refractivity contribution is -0.116. The third-order valence-electron chi connectivity index (χ3n) is 4.17. The number of rotatable bonds is 10. The van der Waals surface area contributed by atoms with Gasteiger partial charge >= 0.3 is 0 Å². The van der Waals surface area contributed by atoms with E-state index in [0.29, 0.717) is 0 Å². The first-order valence-corrected chi connectivity index (χ1v) is 9.77. The maximum Gasteiger partial charge on any atom is 0.244 e. The van der Waals surface area contributed by atoms with Gasteiger partial charge in [0.25, 0.3) is 0 Å². The Hall–Kier alpha value is -0.770. The average Bonchev–Trinajstić information content (AvgIpc) is 2.54. The Morgan fingerprint density at radius 2 is 1.73 bits per heavy atom. The number of carbonyl (C=O) groups is 2. The first kappa shape index (κ1) is 19.3. The van der Waals surface area contributed by atoms with Gasteiger partial charge in [0.1, 0.15) is 0 Å². The lowest BCUT2D eigenvalue weighted by Gasteiger charge is -2.18. The minimum absolute atomic E-state index is 0.0856. The van der Waals surface area contributed by atoms with Gasteiger partial charge < -0.3 is 5.32 Å². The molecule has 126 valence electrons. The molecular formula is C18H31NO2S. The molecule has 3 nitrogen and oxygen atoms in total. The quantitative estimate of drug-likeness (QED) is 0.463. The van der Waals surface area contributed by atoms with Gasteiger partial charge in [-0.2, -0.15) is 0 Å². The summed E-state index contributed by atoms with van der Waals surface area (Å²) >= 11 is 1.18. The van der Waals surface area contributed by atoms with Gasteiger partial charge in [-0.15, -0.1) is 0 Å². The van der Waals surface area contributed by atoms with E-state index in [0.717, 1.165) is 25.8 Å². The summed E-state index contributed by atoms with van der Waals surface area (Å²) in [5.41, 5.74) is 0. The standard InChI is InChI=1S/C18H31NO2S/c1-2-3-4-5-6-10-14-19-17(20)13-15-22-18(21)16-11-8-7-9-12-16/h13,15-16H,2-12,14H2,1H3,(H,19,20)/b15-13-. The fourth-order valence-electron chi connectivity index (χ4n) is 2.77. The Balaban J connectivity index is 2.02. The van der Waals surface area contributed by atoms with Crippen molar-refractivity contribution < 1.29 is 9.59 Å². The zero-order valence-corrected chi connectivity index (χ0v) is 14.8. The summed E-state index contributed by atoms with van der Waals surface area (Å²) in [6.07, 6.45) is 14.5. The van der Waals surface area contributed by atoms with Gasteiger partial charge in [-0.3, -0.25) is 9.59 Å². The van der Waals surface area contributed by atoms with Crippen LogP contribution in [0.3, 0.4) is 0 Å². The summed E-state index contributed by atoms with van der Waals surface area (Å²) in [5, 5.41) is 4.74. The summed E-state index contributed by atoms with van der Waals surface area (Å²) in [6.45, 7) is 2.94. The van der Waals surface area contributed by atoms with Crippen LogP contribution in [-0.4, -0.2) is 17.6 Å². The molecule has 0 atom stereocenters. The maximum atomic E-state index is 11.9. The van der Waals surface area contributed by atoms with Crippen molar-refractivity contribution in [3.05, 3.63) is 11.5 Å². The second kappa shape index (κ2) is 12.7. The molecule has 0 aliphatic heterocycles. The van der Waals surface area contributed by atoms with Crippen molar-refractivity contribution in [1.29, 1.82) is 0 Å². The molecule has 0 radical (unpaired) electrons. The summed E-state index contributed by atoms with van der Waals surface area (Å²) < 4.78 is 0. The van der Waals surface area contributed by atoms with Gasteiger partial charge in [-0.25, -0.2) is 0 Å². The van der Waals surface area contributed by atoms with Crippen molar-refractivity contribution in [2.24, 2.45) is 5.92 Å². The van der Waals surface area contributed by atoms with E-state index in [1.807, 2.05) is 0 Å². The van der Waals surface area contributed by atoms with Crippen LogP contribution >= 0.6 is 11.8 Å². The van der Waals surface area contributed by atoms with Gasteiger partial charge in [0.15, 0.2) is 5.12 Å². The SMILES string of the molecule is CCCCCCCCNC(=O)/C=C\SC(=O)C1CCCCC1. The average molecular weight is 326 g/mol. The molecule has 1 saturated carbocycles. The number of amides is 1. The zero-order valence-electron chi connectivity index (χ0n) is 13.9. The molecule has 1 N–H and O–H groups in total. The minimum Gasteiger partial charge on any atom is -0.353 e. The number of hydrogen-bond donors (Lipinski definition) is 1. The van der Waals surface area contributed by atoms with E-state index in [1.54, 1.807) is 5.41 Å². The van der Waals surface area contributed by atoms with Crippen molar-refractivity contribution in [2.75, 3.05) is 6.54 Å². The van der Waals surface area contributed by atoms with E-state index in [2.05, 4.69) is 12.2 Å². The number of nitrogens with one attached hydrogen (secondary N) is 1. The third-order valence-corrected chi connectivity index (χ3v) is 5.01. The smallest absolute Gasteiger partial charge is 0.244 e. The molecular weight excluding hydrogens is 294 g/mol. The van der Waals surface area contributed by atoms with E-state index in [1.165, 1.54) is 69.2 Å². The molecule has 4 heteroatoms. The van der Waals surface area contributed by atoms with Crippen molar-refractivity contribution in [1.82, 2.24) is 5.32 Å². The summed E-state index contributed by atoms with van der Waals surface area (Å²) in [7, 11) is 0. The minimum atomic E-state index is -0.0856. The topological polar surface area (TPSA) is 46.2 Å². The van der Waals surface area contributed by atoms with Crippen molar-refractivity contribution in [3.63, 3.8) is 0 Å². The van der Waals surface area contributed by atoms with E-state index in [4.69, 9.17) is 0 Å². The van der Waals surface area contributed by atoms with Gasteiger partial charge in [0.2, 0.25) is 5.91 Å². The first-order valence-electron chi connectivity index (χ1n) is 8.89. The van der Waals surface area contributed by atoms with Gasteiger partial charge in [0, 0.05) is 18.5 Å². The molecule has 0 saturated heterocycles. The molecule has 1 rings (SSSR count). The molecule has 0 unspecified atom stereocenters. The van der Waals surface area contributed by atoms with Crippen LogP contribution in [-0.2, 0) is 9.59 Å². The van der Waals surface area contributed by atoms with Crippen LogP contribution in [0.25, 0.3) is 0 Å². The second-order valence-corrected chi connectivity index (χ2v) is 7.04. The molecule has 22 heavy (non-hydrogen) atoms. The molecule has 1 fully saturated rings. The molecule has 1 aliphatic carbocycles. The Morgan fingerprint density at radius 3 is 2.45 bits per heavy atom. The van der Waals surface area contributed by atoms with E-state index < -0.39 is 0 Å². The van der Waals surface area contributed by atoms with Gasteiger partial charge in [0.05, 0.1) is 0 Å². The molecule has 0 aromatic rings. The van der Waals surface area contributed by atoms with Crippen molar-refractivity contribution >= 4 is 22.8 Å². The molecule has 0 bridgehead atoms.